The van der Waals surface area contributed by atoms with Gasteiger partial charge in [0.1, 0.15) is 0 Å². The van der Waals surface area contributed by atoms with Gasteiger partial charge in [0.15, 0.2) is 11.6 Å². The van der Waals surface area contributed by atoms with Crippen molar-refractivity contribution in [2.24, 2.45) is 0 Å². The largest absolute Gasteiger partial charge is 0.504 e. The Kier molecular flexibility index (Phi) is 3.25. The van der Waals surface area contributed by atoms with Crippen LogP contribution in [0.3, 0.4) is 0 Å². The Bertz CT molecular complexity index is 201. The third-order valence-electron chi connectivity index (χ3n) is 1.02. The van der Waals surface area contributed by atoms with Crippen LogP contribution in [0.5, 0.6) is 5.75 Å². The maximum atomic E-state index is 8.99. The molecule has 3 heteroatoms. The lowest BCUT2D eigenvalue weighted by atomic mass is 10.4. The van der Waals surface area contributed by atoms with E-state index >= 15 is 0 Å². The Morgan fingerprint density at radius 2 is 2.30 bits per heavy atom. The molecule has 0 aliphatic rings. The molecule has 0 unspecified atom stereocenters. The number of aromatic nitrogens is 1. The van der Waals surface area contributed by atoms with Crippen molar-refractivity contribution in [2.45, 2.75) is 7.43 Å². The van der Waals surface area contributed by atoms with Crippen molar-refractivity contribution in [1.82, 2.24) is 4.98 Å². The zero-order chi connectivity index (χ0) is 6.69. The molecular weight excluding hydrogens is 128 g/mol. The molecule has 3 nitrogen and oxygen atoms in total. The Balaban J connectivity index is 0.000000810. The van der Waals surface area contributed by atoms with E-state index in [2.05, 4.69) is 10.3 Å². The minimum atomic E-state index is 0. The molecule has 0 aliphatic heterocycles. The number of anilines is 1. The number of nitrogens with zero attached hydrogens (tertiary/aromatic N) is 1. The molecule has 1 aromatic rings. The smallest absolute Gasteiger partial charge is 0.168 e. The van der Waals surface area contributed by atoms with Gasteiger partial charge < -0.3 is 10.4 Å². The van der Waals surface area contributed by atoms with Gasteiger partial charge in [0.2, 0.25) is 0 Å². The Morgan fingerprint density at radius 3 is 2.70 bits per heavy atom. The fourth-order valence-corrected chi connectivity index (χ4v) is 0.589. The second kappa shape index (κ2) is 3.71. The summed E-state index contributed by atoms with van der Waals surface area (Å²) in [6.45, 7) is 0. The summed E-state index contributed by atoms with van der Waals surface area (Å²) in [5.74, 6) is 0.692. The highest BCUT2D eigenvalue weighted by atomic mass is 16.3. The number of rotatable bonds is 1. The molecule has 0 saturated heterocycles. The molecule has 0 aromatic carbocycles. The van der Waals surface area contributed by atoms with Gasteiger partial charge in [-0.15, -0.1) is 0 Å². The van der Waals surface area contributed by atoms with Gasteiger partial charge in [-0.1, -0.05) is 7.43 Å². The van der Waals surface area contributed by atoms with Crippen LogP contribution >= 0.6 is 0 Å². The van der Waals surface area contributed by atoms with E-state index < -0.39 is 0 Å². The highest BCUT2D eigenvalue weighted by Crippen LogP contribution is 2.16. The predicted molar refractivity (Wildman–Crippen MR) is 42.2 cm³/mol. The topological polar surface area (TPSA) is 45.2 Å². The molecule has 0 amide bonds. The van der Waals surface area contributed by atoms with Crippen LogP contribution in [0.15, 0.2) is 18.3 Å². The third-order valence-corrected chi connectivity index (χ3v) is 1.02. The van der Waals surface area contributed by atoms with Gasteiger partial charge in [-0.2, -0.15) is 0 Å². The second-order valence-corrected chi connectivity index (χ2v) is 1.62. The standard InChI is InChI=1S/C6H8N2O.CH4/c1-7-6-5(9)3-2-4-8-6;/h2-4,9H,1H3,(H,7,8);1H4. The molecular formula is C7H12N2O. The van der Waals surface area contributed by atoms with Crippen molar-refractivity contribution in [3.8, 4) is 5.75 Å². The van der Waals surface area contributed by atoms with Gasteiger partial charge in [-0.25, -0.2) is 4.98 Å². The van der Waals surface area contributed by atoms with Gasteiger partial charge in [-0.05, 0) is 12.1 Å². The van der Waals surface area contributed by atoms with Crippen molar-refractivity contribution < 1.29 is 5.11 Å². The van der Waals surface area contributed by atoms with E-state index in [1.165, 1.54) is 0 Å². The van der Waals surface area contributed by atoms with Crippen LogP contribution in [-0.2, 0) is 0 Å². The molecule has 0 spiro atoms. The minimum absolute atomic E-state index is 0. The van der Waals surface area contributed by atoms with Gasteiger partial charge in [-0.3, -0.25) is 0 Å². The van der Waals surface area contributed by atoms with Crippen molar-refractivity contribution in [1.29, 1.82) is 0 Å². The SMILES string of the molecule is C.CNc1ncccc1O. The molecule has 0 saturated carbocycles. The van der Waals surface area contributed by atoms with E-state index in [9.17, 15) is 0 Å². The van der Waals surface area contributed by atoms with Crippen LogP contribution in [0.25, 0.3) is 0 Å². The normalized spacial score (nSPS) is 8.10. The Labute approximate surface area is 60.7 Å². The third kappa shape index (κ3) is 1.62. The summed E-state index contributed by atoms with van der Waals surface area (Å²) in [6.07, 6.45) is 1.62. The van der Waals surface area contributed by atoms with E-state index in [0.717, 1.165) is 0 Å². The van der Waals surface area contributed by atoms with Gasteiger partial charge >= 0.3 is 0 Å². The van der Waals surface area contributed by atoms with Gasteiger partial charge in [0.25, 0.3) is 0 Å². The fraction of sp³-hybridized carbons (Fsp3) is 0.286. The summed E-state index contributed by atoms with van der Waals surface area (Å²) in [5.41, 5.74) is 0. The number of pyridine rings is 1. The monoisotopic (exact) mass is 140 g/mol. The summed E-state index contributed by atoms with van der Waals surface area (Å²) < 4.78 is 0. The molecule has 0 aliphatic carbocycles. The van der Waals surface area contributed by atoms with Crippen molar-refractivity contribution >= 4 is 5.82 Å². The molecule has 1 rings (SSSR count). The molecule has 0 radical (unpaired) electrons. The van der Waals surface area contributed by atoms with Gasteiger partial charge in [0.05, 0.1) is 0 Å². The number of nitrogens with one attached hydrogen (secondary N) is 1. The zero-order valence-electron chi connectivity index (χ0n) is 5.13. The quantitative estimate of drug-likeness (QED) is 0.620. The molecule has 56 valence electrons. The Hall–Kier alpha value is -1.25. The first-order valence-electron chi connectivity index (χ1n) is 2.66. The lowest BCUT2D eigenvalue weighted by Crippen LogP contribution is -1.90. The maximum absolute atomic E-state index is 8.99. The maximum Gasteiger partial charge on any atom is 0.168 e. The molecule has 0 fully saturated rings. The van der Waals surface area contributed by atoms with Crippen LogP contribution in [-0.4, -0.2) is 17.1 Å². The molecule has 0 atom stereocenters. The molecule has 10 heavy (non-hydrogen) atoms. The van der Waals surface area contributed by atoms with E-state index in [4.69, 9.17) is 5.11 Å². The second-order valence-electron chi connectivity index (χ2n) is 1.62. The van der Waals surface area contributed by atoms with Crippen LogP contribution < -0.4 is 5.32 Å². The van der Waals surface area contributed by atoms with E-state index in [0.29, 0.717) is 5.82 Å². The number of hydrogen-bond donors (Lipinski definition) is 2. The van der Waals surface area contributed by atoms with Gasteiger partial charge in [0, 0.05) is 13.2 Å². The fourth-order valence-electron chi connectivity index (χ4n) is 0.589. The summed E-state index contributed by atoms with van der Waals surface area (Å²) in [6, 6.07) is 3.26. The van der Waals surface area contributed by atoms with E-state index in [-0.39, 0.29) is 13.2 Å². The lowest BCUT2D eigenvalue weighted by molar-refractivity contribution is 0.475. The van der Waals surface area contributed by atoms with Crippen molar-refractivity contribution in [3.63, 3.8) is 0 Å². The summed E-state index contributed by atoms with van der Waals surface area (Å²) in [7, 11) is 1.71. The average Bonchev–Trinajstić information content (AvgIpc) is 1.89. The van der Waals surface area contributed by atoms with Crippen LogP contribution in [0.4, 0.5) is 5.82 Å². The van der Waals surface area contributed by atoms with E-state index in [1.54, 1.807) is 25.4 Å². The van der Waals surface area contributed by atoms with Crippen LogP contribution in [0.1, 0.15) is 7.43 Å². The summed E-state index contributed by atoms with van der Waals surface area (Å²) in [5, 5.41) is 11.7. The molecule has 0 bridgehead atoms. The minimum Gasteiger partial charge on any atom is -0.504 e. The van der Waals surface area contributed by atoms with Crippen LogP contribution in [0.2, 0.25) is 0 Å². The lowest BCUT2D eigenvalue weighted by Gasteiger charge is -1.98. The first kappa shape index (κ1) is 8.75. The highest BCUT2D eigenvalue weighted by Gasteiger charge is 1.93. The summed E-state index contributed by atoms with van der Waals surface area (Å²) >= 11 is 0. The van der Waals surface area contributed by atoms with E-state index in [1.807, 2.05) is 0 Å². The number of aromatic hydroxyl groups is 1. The molecule has 2 N–H and O–H groups in total. The van der Waals surface area contributed by atoms with Crippen LogP contribution in [0, 0.1) is 0 Å². The predicted octanol–water partition coefficient (Wildman–Crippen LogP) is 1.46. The first-order chi connectivity index (χ1) is 4.34. The average molecular weight is 140 g/mol. The zero-order valence-corrected chi connectivity index (χ0v) is 5.13. The number of hydrogen-bond acceptors (Lipinski definition) is 3. The molecule has 1 heterocycles. The first-order valence-corrected chi connectivity index (χ1v) is 2.66. The summed E-state index contributed by atoms with van der Waals surface area (Å²) in [4.78, 5) is 3.84. The molecule has 1 aromatic heterocycles. The highest BCUT2D eigenvalue weighted by molar-refractivity contribution is 5.47. The van der Waals surface area contributed by atoms with Crippen molar-refractivity contribution in [3.05, 3.63) is 18.3 Å². The Morgan fingerprint density at radius 1 is 1.60 bits per heavy atom. The van der Waals surface area contributed by atoms with Crippen molar-refractivity contribution in [2.75, 3.05) is 12.4 Å².